The predicted octanol–water partition coefficient (Wildman–Crippen LogP) is 2.77. The van der Waals surface area contributed by atoms with Gasteiger partial charge in [-0.1, -0.05) is 29.8 Å². The van der Waals surface area contributed by atoms with Crippen LogP contribution in [-0.2, 0) is 14.3 Å². The molecule has 0 unspecified atom stereocenters. The Morgan fingerprint density at radius 2 is 1.93 bits per heavy atom. The Balaban J connectivity index is 1.89. The molecule has 2 N–H and O–H groups in total. The van der Waals surface area contributed by atoms with Crippen molar-refractivity contribution in [2.75, 3.05) is 23.9 Å². The summed E-state index contributed by atoms with van der Waals surface area (Å²) in [7, 11) is 0. The van der Waals surface area contributed by atoms with E-state index in [1.165, 1.54) is 12.3 Å². The van der Waals surface area contributed by atoms with E-state index in [-0.39, 0.29) is 5.91 Å². The average molecular weight is 422 g/mol. The SMILES string of the molecule is CSCC[C@H](NC(=O)c1ccccc1)C(=O)OCC(=O)Nc1ccc(Cl)cn1. The zero-order chi connectivity index (χ0) is 20.4. The standard InChI is InChI=1S/C19H20ClN3O4S/c1-28-10-9-15(22-18(25)13-5-3-2-4-6-13)19(26)27-12-17(24)23-16-8-7-14(20)11-21-16/h2-8,11,15H,9-10,12H2,1H3,(H,22,25)(H,21,23,24)/t15-/m0/s1. The molecule has 2 aromatic rings. The lowest BCUT2D eigenvalue weighted by molar-refractivity contribution is -0.149. The number of amides is 2. The van der Waals surface area contributed by atoms with Crippen molar-refractivity contribution in [2.24, 2.45) is 0 Å². The second-order valence-electron chi connectivity index (χ2n) is 5.69. The maximum atomic E-state index is 12.4. The first-order valence-electron chi connectivity index (χ1n) is 8.42. The highest BCUT2D eigenvalue weighted by atomic mass is 35.5. The number of nitrogens with one attached hydrogen (secondary N) is 2. The van der Waals surface area contributed by atoms with Crippen LogP contribution in [0.15, 0.2) is 48.7 Å². The van der Waals surface area contributed by atoms with E-state index in [2.05, 4.69) is 15.6 Å². The van der Waals surface area contributed by atoms with E-state index in [1.807, 2.05) is 6.26 Å². The minimum atomic E-state index is -0.846. The molecule has 2 rings (SSSR count). The fourth-order valence-corrected chi connectivity index (χ4v) is 2.76. The van der Waals surface area contributed by atoms with Crippen molar-refractivity contribution >= 4 is 47.0 Å². The van der Waals surface area contributed by atoms with Crippen LogP contribution in [0.2, 0.25) is 5.02 Å². The molecule has 0 radical (unpaired) electrons. The van der Waals surface area contributed by atoms with Crippen LogP contribution in [0, 0.1) is 0 Å². The third-order valence-electron chi connectivity index (χ3n) is 3.58. The fourth-order valence-electron chi connectivity index (χ4n) is 2.18. The fraction of sp³-hybridized carbons (Fsp3) is 0.263. The summed E-state index contributed by atoms with van der Waals surface area (Å²) in [6.45, 7) is -0.486. The third kappa shape index (κ3) is 7.21. The van der Waals surface area contributed by atoms with E-state index >= 15 is 0 Å². The lowest BCUT2D eigenvalue weighted by Gasteiger charge is -2.17. The molecule has 0 saturated carbocycles. The van der Waals surface area contributed by atoms with Crippen molar-refractivity contribution < 1.29 is 19.1 Å². The van der Waals surface area contributed by atoms with E-state index in [1.54, 1.807) is 48.2 Å². The molecule has 0 bridgehead atoms. The molecule has 28 heavy (non-hydrogen) atoms. The van der Waals surface area contributed by atoms with Crippen molar-refractivity contribution in [1.82, 2.24) is 10.3 Å². The van der Waals surface area contributed by atoms with Crippen molar-refractivity contribution in [2.45, 2.75) is 12.5 Å². The summed E-state index contributed by atoms with van der Waals surface area (Å²) >= 11 is 7.27. The Labute approximate surface area is 172 Å². The van der Waals surface area contributed by atoms with Gasteiger partial charge in [0, 0.05) is 11.8 Å². The zero-order valence-electron chi connectivity index (χ0n) is 15.2. The van der Waals surface area contributed by atoms with Gasteiger partial charge in [0.1, 0.15) is 11.9 Å². The molecule has 1 aromatic heterocycles. The van der Waals surface area contributed by atoms with Gasteiger partial charge in [-0.05, 0) is 42.7 Å². The number of ether oxygens (including phenoxy) is 1. The summed E-state index contributed by atoms with van der Waals surface area (Å²) < 4.78 is 5.07. The van der Waals surface area contributed by atoms with Crippen LogP contribution in [0.25, 0.3) is 0 Å². The second kappa shape index (κ2) is 11.3. The number of carbonyl (C=O) groups excluding carboxylic acids is 3. The summed E-state index contributed by atoms with van der Waals surface area (Å²) in [6, 6.07) is 10.8. The van der Waals surface area contributed by atoms with Gasteiger partial charge in [0.15, 0.2) is 6.61 Å². The van der Waals surface area contributed by atoms with Crippen LogP contribution in [0.5, 0.6) is 0 Å². The van der Waals surface area contributed by atoms with E-state index < -0.39 is 24.5 Å². The molecule has 1 heterocycles. The van der Waals surface area contributed by atoms with Gasteiger partial charge >= 0.3 is 5.97 Å². The van der Waals surface area contributed by atoms with Crippen molar-refractivity contribution in [3.8, 4) is 0 Å². The summed E-state index contributed by atoms with van der Waals surface area (Å²) in [4.78, 5) is 40.5. The van der Waals surface area contributed by atoms with Gasteiger partial charge in [-0.15, -0.1) is 0 Å². The van der Waals surface area contributed by atoms with Gasteiger partial charge in [-0.25, -0.2) is 9.78 Å². The molecule has 0 spiro atoms. The number of esters is 1. The Morgan fingerprint density at radius 1 is 1.18 bits per heavy atom. The van der Waals surface area contributed by atoms with Gasteiger partial charge in [-0.3, -0.25) is 9.59 Å². The van der Waals surface area contributed by atoms with Gasteiger partial charge < -0.3 is 15.4 Å². The van der Waals surface area contributed by atoms with Crippen molar-refractivity contribution in [1.29, 1.82) is 0 Å². The number of carbonyl (C=O) groups is 3. The Hall–Kier alpha value is -2.58. The molecule has 1 aromatic carbocycles. The van der Waals surface area contributed by atoms with Gasteiger partial charge in [-0.2, -0.15) is 11.8 Å². The highest BCUT2D eigenvalue weighted by molar-refractivity contribution is 7.98. The maximum absolute atomic E-state index is 12.4. The number of thioether (sulfide) groups is 1. The van der Waals surface area contributed by atoms with Crippen LogP contribution >= 0.6 is 23.4 Å². The predicted molar refractivity (Wildman–Crippen MR) is 110 cm³/mol. The number of anilines is 1. The van der Waals surface area contributed by atoms with Crippen LogP contribution in [0.3, 0.4) is 0 Å². The average Bonchev–Trinajstić information content (AvgIpc) is 2.71. The lowest BCUT2D eigenvalue weighted by atomic mass is 10.1. The molecule has 9 heteroatoms. The third-order valence-corrected chi connectivity index (χ3v) is 4.44. The first kappa shape index (κ1) is 21.7. The summed E-state index contributed by atoms with van der Waals surface area (Å²) in [5, 5.41) is 5.60. The molecule has 1 atom stereocenters. The Morgan fingerprint density at radius 3 is 2.57 bits per heavy atom. The van der Waals surface area contributed by atoms with Crippen molar-refractivity contribution in [3.05, 3.63) is 59.2 Å². The Bertz CT molecular complexity index is 803. The van der Waals surface area contributed by atoms with E-state index in [9.17, 15) is 14.4 Å². The number of benzene rings is 1. The summed E-state index contributed by atoms with van der Waals surface area (Å²) in [5.41, 5.74) is 0.441. The minimum Gasteiger partial charge on any atom is -0.454 e. The first-order chi connectivity index (χ1) is 13.5. The zero-order valence-corrected chi connectivity index (χ0v) is 16.8. The lowest BCUT2D eigenvalue weighted by Crippen LogP contribution is -2.43. The topological polar surface area (TPSA) is 97.4 Å². The maximum Gasteiger partial charge on any atom is 0.329 e. The number of nitrogens with zero attached hydrogens (tertiary/aromatic N) is 1. The van der Waals surface area contributed by atoms with E-state index in [4.69, 9.17) is 16.3 Å². The largest absolute Gasteiger partial charge is 0.454 e. The molecule has 2 amide bonds. The van der Waals surface area contributed by atoms with Gasteiger partial charge in [0.2, 0.25) is 0 Å². The van der Waals surface area contributed by atoms with Crippen LogP contribution < -0.4 is 10.6 Å². The molecule has 148 valence electrons. The summed E-state index contributed by atoms with van der Waals surface area (Å²) in [5.74, 6) is -0.644. The number of pyridine rings is 1. The molecule has 0 aliphatic heterocycles. The van der Waals surface area contributed by atoms with Gasteiger partial charge in [0.25, 0.3) is 11.8 Å². The first-order valence-corrected chi connectivity index (χ1v) is 10.2. The van der Waals surface area contributed by atoms with E-state index in [0.29, 0.717) is 28.6 Å². The molecular formula is C19H20ClN3O4S. The van der Waals surface area contributed by atoms with Gasteiger partial charge in [0.05, 0.1) is 5.02 Å². The number of aromatic nitrogens is 1. The number of hydrogen-bond donors (Lipinski definition) is 2. The quantitative estimate of drug-likeness (QED) is 0.604. The molecular weight excluding hydrogens is 402 g/mol. The molecule has 0 saturated heterocycles. The number of rotatable bonds is 9. The molecule has 0 aliphatic rings. The minimum absolute atomic E-state index is 0.293. The molecule has 7 nitrogen and oxygen atoms in total. The second-order valence-corrected chi connectivity index (χ2v) is 7.11. The molecule has 0 fully saturated rings. The summed E-state index contributed by atoms with van der Waals surface area (Å²) in [6.07, 6.45) is 3.67. The van der Waals surface area contributed by atoms with Crippen LogP contribution in [-0.4, -0.2) is 47.4 Å². The number of halogens is 1. The highest BCUT2D eigenvalue weighted by Gasteiger charge is 2.23. The Kier molecular flexibility index (Phi) is 8.77. The van der Waals surface area contributed by atoms with E-state index in [0.717, 1.165) is 0 Å². The monoisotopic (exact) mass is 421 g/mol. The van der Waals surface area contributed by atoms with Crippen molar-refractivity contribution in [3.63, 3.8) is 0 Å². The molecule has 0 aliphatic carbocycles. The smallest absolute Gasteiger partial charge is 0.329 e. The highest BCUT2D eigenvalue weighted by Crippen LogP contribution is 2.10. The van der Waals surface area contributed by atoms with Crippen LogP contribution in [0.1, 0.15) is 16.8 Å². The van der Waals surface area contributed by atoms with Crippen LogP contribution in [0.4, 0.5) is 5.82 Å². The number of hydrogen-bond acceptors (Lipinski definition) is 6. The normalized spacial score (nSPS) is 11.4.